The fourth-order valence-electron chi connectivity index (χ4n) is 1.98. The van der Waals surface area contributed by atoms with E-state index in [-0.39, 0.29) is 6.61 Å². The number of aromatic nitrogens is 1. The van der Waals surface area contributed by atoms with Gasteiger partial charge in [-0.3, -0.25) is 0 Å². The van der Waals surface area contributed by atoms with Crippen molar-refractivity contribution < 1.29 is 5.11 Å². The summed E-state index contributed by atoms with van der Waals surface area (Å²) in [5.41, 5.74) is 3.10. The number of aryl methyl sites for hydroxylation is 2. The summed E-state index contributed by atoms with van der Waals surface area (Å²) >= 11 is 0. The third-order valence-corrected chi connectivity index (χ3v) is 2.79. The highest BCUT2D eigenvalue weighted by Crippen LogP contribution is 2.22. The SMILES string of the molecule is CCCN(CC)c1nc(C)cc(C)c1CO. The molecule has 0 aliphatic rings. The van der Waals surface area contributed by atoms with Gasteiger partial charge in [0.15, 0.2) is 0 Å². The molecule has 0 unspecified atom stereocenters. The van der Waals surface area contributed by atoms with Gasteiger partial charge in [-0.25, -0.2) is 4.98 Å². The first-order chi connectivity index (χ1) is 7.63. The van der Waals surface area contributed by atoms with Crippen LogP contribution in [-0.2, 0) is 6.61 Å². The molecule has 3 heteroatoms. The van der Waals surface area contributed by atoms with E-state index in [0.29, 0.717) is 0 Å². The van der Waals surface area contributed by atoms with Crippen LogP contribution in [0.4, 0.5) is 5.82 Å². The zero-order chi connectivity index (χ0) is 12.1. The molecule has 1 rings (SSSR count). The maximum atomic E-state index is 9.44. The number of anilines is 1. The predicted octanol–water partition coefficient (Wildman–Crippen LogP) is 2.43. The van der Waals surface area contributed by atoms with Crippen LogP contribution in [-0.4, -0.2) is 23.2 Å². The first kappa shape index (κ1) is 13.0. The van der Waals surface area contributed by atoms with Crippen LogP contribution in [0.15, 0.2) is 6.07 Å². The Morgan fingerprint density at radius 3 is 2.50 bits per heavy atom. The van der Waals surface area contributed by atoms with E-state index in [9.17, 15) is 5.11 Å². The molecule has 1 heterocycles. The lowest BCUT2D eigenvalue weighted by molar-refractivity contribution is 0.280. The minimum absolute atomic E-state index is 0.0641. The van der Waals surface area contributed by atoms with Gasteiger partial charge in [-0.1, -0.05) is 6.92 Å². The van der Waals surface area contributed by atoms with Gasteiger partial charge >= 0.3 is 0 Å². The molecular formula is C13H22N2O. The Labute approximate surface area is 98.1 Å². The molecule has 0 saturated heterocycles. The lowest BCUT2D eigenvalue weighted by atomic mass is 10.1. The molecule has 0 aliphatic carbocycles. The Hall–Kier alpha value is -1.09. The maximum Gasteiger partial charge on any atom is 0.134 e. The molecule has 1 N–H and O–H groups in total. The summed E-state index contributed by atoms with van der Waals surface area (Å²) in [5.74, 6) is 0.948. The number of nitrogens with zero attached hydrogens (tertiary/aromatic N) is 2. The Balaban J connectivity index is 3.17. The molecular weight excluding hydrogens is 200 g/mol. The van der Waals surface area contributed by atoms with Gasteiger partial charge < -0.3 is 10.0 Å². The van der Waals surface area contributed by atoms with Gasteiger partial charge in [0.25, 0.3) is 0 Å². The van der Waals surface area contributed by atoms with Gasteiger partial charge in [0, 0.05) is 24.3 Å². The van der Waals surface area contributed by atoms with Crippen LogP contribution in [0.5, 0.6) is 0 Å². The molecule has 1 aromatic rings. The number of aliphatic hydroxyl groups excluding tert-OH is 1. The zero-order valence-electron chi connectivity index (χ0n) is 10.7. The summed E-state index contributed by atoms with van der Waals surface area (Å²) in [4.78, 5) is 6.79. The van der Waals surface area contributed by atoms with E-state index in [1.165, 1.54) is 0 Å². The first-order valence-corrected chi connectivity index (χ1v) is 5.96. The standard InChI is InChI=1S/C13H22N2O/c1-5-7-15(6-2)13-12(9-16)10(3)8-11(4)14-13/h8,16H,5-7,9H2,1-4H3. The van der Waals surface area contributed by atoms with Crippen LogP contribution < -0.4 is 4.90 Å². The predicted molar refractivity (Wildman–Crippen MR) is 67.8 cm³/mol. The van der Waals surface area contributed by atoms with E-state index < -0.39 is 0 Å². The van der Waals surface area contributed by atoms with Gasteiger partial charge in [-0.05, 0) is 38.8 Å². The zero-order valence-corrected chi connectivity index (χ0v) is 10.7. The minimum Gasteiger partial charge on any atom is -0.392 e. The normalized spacial score (nSPS) is 10.6. The molecule has 0 aromatic carbocycles. The van der Waals surface area contributed by atoms with Crippen LogP contribution in [0.1, 0.15) is 37.1 Å². The van der Waals surface area contributed by atoms with Crippen molar-refractivity contribution in [1.82, 2.24) is 4.98 Å². The van der Waals surface area contributed by atoms with Gasteiger partial charge in [-0.15, -0.1) is 0 Å². The van der Waals surface area contributed by atoms with Crippen molar-refractivity contribution in [1.29, 1.82) is 0 Å². The summed E-state index contributed by atoms with van der Waals surface area (Å²) in [7, 11) is 0. The van der Waals surface area contributed by atoms with Crippen molar-refractivity contribution in [3.63, 3.8) is 0 Å². The smallest absolute Gasteiger partial charge is 0.134 e. The molecule has 0 saturated carbocycles. The van der Waals surface area contributed by atoms with Gasteiger partial charge in [-0.2, -0.15) is 0 Å². The van der Waals surface area contributed by atoms with E-state index in [2.05, 4.69) is 23.7 Å². The summed E-state index contributed by atoms with van der Waals surface area (Å²) in [6, 6.07) is 2.02. The molecule has 0 fully saturated rings. The lowest BCUT2D eigenvalue weighted by Gasteiger charge is -2.25. The minimum atomic E-state index is 0.0641. The highest BCUT2D eigenvalue weighted by Gasteiger charge is 2.13. The van der Waals surface area contributed by atoms with E-state index in [1.807, 2.05) is 19.9 Å². The van der Waals surface area contributed by atoms with Crippen molar-refractivity contribution in [2.75, 3.05) is 18.0 Å². The average molecular weight is 222 g/mol. The van der Waals surface area contributed by atoms with Crippen molar-refractivity contribution >= 4 is 5.82 Å². The number of hydrogen-bond donors (Lipinski definition) is 1. The summed E-state index contributed by atoms with van der Waals surface area (Å²) in [6.07, 6.45) is 1.09. The fourth-order valence-corrected chi connectivity index (χ4v) is 1.98. The summed E-state index contributed by atoms with van der Waals surface area (Å²) < 4.78 is 0. The molecule has 0 radical (unpaired) electrons. The van der Waals surface area contributed by atoms with Crippen LogP contribution in [0.3, 0.4) is 0 Å². The second kappa shape index (κ2) is 5.85. The molecule has 90 valence electrons. The topological polar surface area (TPSA) is 36.4 Å². The number of hydrogen-bond acceptors (Lipinski definition) is 3. The number of aliphatic hydroxyl groups is 1. The number of rotatable bonds is 5. The lowest BCUT2D eigenvalue weighted by Crippen LogP contribution is -2.26. The van der Waals surface area contributed by atoms with Crippen molar-refractivity contribution in [3.8, 4) is 0 Å². The fraction of sp³-hybridized carbons (Fsp3) is 0.615. The van der Waals surface area contributed by atoms with Gasteiger partial charge in [0.1, 0.15) is 5.82 Å². The second-order valence-electron chi connectivity index (χ2n) is 4.12. The molecule has 1 aromatic heterocycles. The Morgan fingerprint density at radius 1 is 1.31 bits per heavy atom. The second-order valence-corrected chi connectivity index (χ2v) is 4.12. The van der Waals surface area contributed by atoms with Gasteiger partial charge in [0.05, 0.1) is 6.61 Å². The average Bonchev–Trinajstić information content (AvgIpc) is 2.25. The van der Waals surface area contributed by atoms with Crippen LogP contribution in [0.2, 0.25) is 0 Å². The first-order valence-electron chi connectivity index (χ1n) is 5.96. The Morgan fingerprint density at radius 2 is 2.00 bits per heavy atom. The van der Waals surface area contributed by atoms with Crippen LogP contribution >= 0.6 is 0 Å². The van der Waals surface area contributed by atoms with Gasteiger partial charge in [0.2, 0.25) is 0 Å². The van der Waals surface area contributed by atoms with E-state index in [4.69, 9.17) is 0 Å². The maximum absolute atomic E-state index is 9.44. The largest absolute Gasteiger partial charge is 0.392 e. The third kappa shape index (κ3) is 2.73. The van der Waals surface area contributed by atoms with Crippen LogP contribution in [0, 0.1) is 13.8 Å². The highest BCUT2D eigenvalue weighted by atomic mass is 16.3. The molecule has 0 atom stereocenters. The number of pyridine rings is 1. The molecule has 3 nitrogen and oxygen atoms in total. The van der Waals surface area contributed by atoms with Crippen molar-refractivity contribution in [3.05, 3.63) is 22.9 Å². The van der Waals surface area contributed by atoms with E-state index in [0.717, 1.165) is 42.1 Å². The third-order valence-electron chi connectivity index (χ3n) is 2.79. The Bertz CT molecular complexity index is 350. The monoisotopic (exact) mass is 222 g/mol. The molecule has 16 heavy (non-hydrogen) atoms. The highest BCUT2D eigenvalue weighted by molar-refractivity contribution is 5.51. The van der Waals surface area contributed by atoms with E-state index in [1.54, 1.807) is 0 Å². The molecule has 0 spiro atoms. The molecule has 0 aliphatic heterocycles. The van der Waals surface area contributed by atoms with Crippen molar-refractivity contribution in [2.45, 2.75) is 40.7 Å². The van der Waals surface area contributed by atoms with Crippen molar-refractivity contribution in [2.24, 2.45) is 0 Å². The molecule has 0 amide bonds. The summed E-state index contributed by atoms with van der Waals surface area (Å²) in [6.45, 7) is 10.3. The van der Waals surface area contributed by atoms with E-state index >= 15 is 0 Å². The molecule has 0 bridgehead atoms. The Kier molecular flexibility index (Phi) is 4.74. The quantitative estimate of drug-likeness (QED) is 0.831. The van der Waals surface area contributed by atoms with Crippen LogP contribution in [0.25, 0.3) is 0 Å². The summed E-state index contributed by atoms with van der Waals surface area (Å²) in [5, 5.41) is 9.44.